The van der Waals surface area contributed by atoms with E-state index in [1.807, 2.05) is 68.4 Å². The number of para-hydroxylation sites is 2. The molecule has 0 atom stereocenters. The first-order valence-electron chi connectivity index (χ1n) is 11.6. The standard InChI is InChI=1S/C30H28N2O3/c1-21-16-17-24(20-22(21)2)31-29(33)25-12-6-8-14-27(25)32-30(34)26-13-7-9-15-28(26)35-19-18-23-10-4-3-5-11-23/h3-17,20H,18-19H2,1-2H3,(H,31,33)(H,32,34). The number of anilines is 2. The van der Waals surface area contributed by atoms with Crippen LogP contribution in [0.1, 0.15) is 37.4 Å². The summed E-state index contributed by atoms with van der Waals surface area (Å²) in [6.45, 7) is 4.47. The maximum atomic E-state index is 13.2. The zero-order chi connectivity index (χ0) is 24.6. The fourth-order valence-electron chi connectivity index (χ4n) is 3.70. The van der Waals surface area contributed by atoms with Crippen molar-refractivity contribution < 1.29 is 14.3 Å². The van der Waals surface area contributed by atoms with Crippen LogP contribution in [-0.4, -0.2) is 18.4 Å². The Morgan fingerprint density at radius 3 is 2.11 bits per heavy atom. The van der Waals surface area contributed by atoms with E-state index in [4.69, 9.17) is 4.74 Å². The summed E-state index contributed by atoms with van der Waals surface area (Å²) in [4.78, 5) is 26.2. The van der Waals surface area contributed by atoms with E-state index >= 15 is 0 Å². The van der Waals surface area contributed by atoms with E-state index in [1.54, 1.807) is 42.5 Å². The van der Waals surface area contributed by atoms with Crippen LogP contribution in [0.2, 0.25) is 0 Å². The van der Waals surface area contributed by atoms with Crippen molar-refractivity contribution in [2.45, 2.75) is 20.3 Å². The van der Waals surface area contributed by atoms with Crippen molar-refractivity contribution >= 4 is 23.2 Å². The van der Waals surface area contributed by atoms with Gasteiger partial charge in [0.1, 0.15) is 5.75 Å². The molecule has 0 saturated carbocycles. The van der Waals surface area contributed by atoms with Gasteiger partial charge in [-0.05, 0) is 66.9 Å². The summed E-state index contributed by atoms with van der Waals surface area (Å²) in [5.41, 5.74) is 5.33. The number of aryl methyl sites for hydroxylation is 2. The molecule has 2 amide bonds. The molecule has 0 unspecified atom stereocenters. The van der Waals surface area contributed by atoms with Crippen LogP contribution in [0.3, 0.4) is 0 Å². The first kappa shape index (κ1) is 23.8. The van der Waals surface area contributed by atoms with Gasteiger partial charge in [0.2, 0.25) is 0 Å². The fourth-order valence-corrected chi connectivity index (χ4v) is 3.70. The van der Waals surface area contributed by atoms with Crippen LogP contribution in [0.25, 0.3) is 0 Å². The number of benzene rings is 4. The zero-order valence-corrected chi connectivity index (χ0v) is 19.9. The Kier molecular flexibility index (Phi) is 7.58. The highest BCUT2D eigenvalue weighted by Crippen LogP contribution is 2.23. The van der Waals surface area contributed by atoms with Crippen LogP contribution >= 0.6 is 0 Å². The third-order valence-corrected chi connectivity index (χ3v) is 5.81. The smallest absolute Gasteiger partial charge is 0.259 e. The Bertz CT molecular complexity index is 1330. The van der Waals surface area contributed by atoms with Gasteiger partial charge in [0.25, 0.3) is 11.8 Å². The monoisotopic (exact) mass is 464 g/mol. The first-order chi connectivity index (χ1) is 17.0. The van der Waals surface area contributed by atoms with Crippen LogP contribution in [0, 0.1) is 13.8 Å². The van der Waals surface area contributed by atoms with Crippen molar-refractivity contribution in [3.8, 4) is 5.75 Å². The van der Waals surface area contributed by atoms with Gasteiger partial charge < -0.3 is 15.4 Å². The third kappa shape index (κ3) is 6.15. The molecular weight excluding hydrogens is 436 g/mol. The lowest BCUT2D eigenvalue weighted by molar-refractivity contribution is 0.102. The highest BCUT2D eigenvalue weighted by atomic mass is 16.5. The minimum atomic E-state index is -0.341. The Morgan fingerprint density at radius 1 is 0.686 bits per heavy atom. The second-order valence-electron chi connectivity index (χ2n) is 8.33. The molecule has 4 aromatic carbocycles. The molecule has 0 fully saturated rings. The molecule has 0 aromatic heterocycles. The predicted octanol–water partition coefficient (Wildman–Crippen LogP) is 6.43. The summed E-state index contributed by atoms with van der Waals surface area (Å²) < 4.78 is 5.94. The number of nitrogens with one attached hydrogen (secondary N) is 2. The van der Waals surface area contributed by atoms with Crippen molar-refractivity contribution in [1.82, 2.24) is 0 Å². The zero-order valence-electron chi connectivity index (χ0n) is 19.9. The number of hydrogen-bond donors (Lipinski definition) is 2. The molecule has 0 spiro atoms. The minimum Gasteiger partial charge on any atom is -0.492 e. The largest absolute Gasteiger partial charge is 0.492 e. The summed E-state index contributed by atoms with van der Waals surface area (Å²) >= 11 is 0. The Labute approximate surface area is 205 Å². The molecule has 0 saturated heterocycles. The van der Waals surface area contributed by atoms with Crippen molar-refractivity contribution in [2.24, 2.45) is 0 Å². The summed E-state index contributed by atoms with van der Waals surface area (Å²) in [7, 11) is 0. The lowest BCUT2D eigenvalue weighted by atomic mass is 10.1. The summed E-state index contributed by atoms with van der Waals surface area (Å²) in [6, 6.07) is 29.9. The van der Waals surface area contributed by atoms with E-state index in [9.17, 15) is 9.59 Å². The molecule has 0 radical (unpaired) electrons. The van der Waals surface area contributed by atoms with Crippen molar-refractivity contribution in [3.63, 3.8) is 0 Å². The van der Waals surface area contributed by atoms with Crippen LogP contribution in [0.15, 0.2) is 97.1 Å². The molecule has 4 rings (SSSR count). The molecular formula is C30H28N2O3. The topological polar surface area (TPSA) is 67.4 Å². The Balaban J connectivity index is 1.47. The molecule has 4 aromatic rings. The van der Waals surface area contributed by atoms with Gasteiger partial charge in [0, 0.05) is 12.1 Å². The Morgan fingerprint density at radius 2 is 1.34 bits per heavy atom. The second kappa shape index (κ2) is 11.2. The molecule has 5 heteroatoms. The molecule has 2 N–H and O–H groups in total. The van der Waals surface area contributed by atoms with Gasteiger partial charge >= 0.3 is 0 Å². The third-order valence-electron chi connectivity index (χ3n) is 5.81. The van der Waals surface area contributed by atoms with E-state index in [2.05, 4.69) is 10.6 Å². The molecule has 35 heavy (non-hydrogen) atoms. The molecule has 0 aliphatic carbocycles. The SMILES string of the molecule is Cc1ccc(NC(=O)c2ccccc2NC(=O)c2ccccc2OCCc2ccccc2)cc1C. The maximum absolute atomic E-state index is 13.2. The number of rotatable bonds is 8. The molecule has 0 aliphatic heterocycles. The lowest BCUT2D eigenvalue weighted by Crippen LogP contribution is -2.19. The highest BCUT2D eigenvalue weighted by Gasteiger charge is 2.17. The van der Waals surface area contributed by atoms with Crippen molar-refractivity contribution in [3.05, 3.63) is 125 Å². The first-order valence-corrected chi connectivity index (χ1v) is 11.6. The van der Waals surface area contributed by atoms with Crippen LogP contribution in [0.4, 0.5) is 11.4 Å². The van der Waals surface area contributed by atoms with Gasteiger partial charge in [-0.25, -0.2) is 0 Å². The number of carbonyl (C=O) groups is 2. The van der Waals surface area contributed by atoms with E-state index in [1.165, 1.54) is 0 Å². The van der Waals surface area contributed by atoms with Crippen LogP contribution in [0.5, 0.6) is 5.75 Å². The number of hydrogen-bond acceptors (Lipinski definition) is 3. The van der Waals surface area contributed by atoms with Gasteiger partial charge in [0.05, 0.1) is 23.4 Å². The number of amides is 2. The molecule has 0 aliphatic rings. The molecule has 0 heterocycles. The average molecular weight is 465 g/mol. The normalized spacial score (nSPS) is 10.5. The fraction of sp³-hybridized carbons (Fsp3) is 0.133. The predicted molar refractivity (Wildman–Crippen MR) is 140 cm³/mol. The van der Waals surface area contributed by atoms with Crippen molar-refractivity contribution in [1.29, 1.82) is 0 Å². The van der Waals surface area contributed by atoms with E-state index in [0.717, 1.165) is 23.1 Å². The van der Waals surface area contributed by atoms with Gasteiger partial charge in [-0.3, -0.25) is 9.59 Å². The van der Waals surface area contributed by atoms with E-state index in [0.29, 0.717) is 34.9 Å². The number of carbonyl (C=O) groups excluding carboxylic acids is 2. The van der Waals surface area contributed by atoms with E-state index < -0.39 is 0 Å². The molecule has 176 valence electrons. The van der Waals surface area contributed by atoms with Crippen molar-refractivity contribution in [2.75, 3.05) is 17.2 Å². The lowest BCUT2D eigenvalue weighted by Gasteiger charge is -2.14. The summed E-state index contributed by atoms with van der Waals surface area (Å²) in [5, 5.41) is 5.80. The average Bonchev–Trinajstić information content (AvgIpc) is 2.87. The van der Waals surface area contributed by atoms with Gasteiger partial charge in [0.15, 0.2) is 0 Å². The quantitative estimate of drug-likeness (QED) is 0.316. The molecule has 0 bridgehead atoms. The minimum absolute atomic E-state index is 0.295. The molecule has 5 nitrogen and oxygen atoms in total. The maximum Gasteiger partial charge on any atom is 0.259 e. The number of ether oxygens (including phenoxy) is 1. The van der Waals surface area contributed by atoms with Gasteiger partial charge in [-0.15, -0.1) is 0 Å². The van der Waals surface area contributed by atoms with Crippen LogP contribution in [-0.2, 0) is 6.42 Å². The van der Waals surface area contributed by atoms with Gasteiger partial charge in [-0.2, -0.15) is 0 Å². The highest BCUT2D eigenvalue weighted by molar-refractivity contribution is 6.13. The summed E-state index contributed by atoms with van der Waals surface area (Å²) in [5.74, 6) is -0.138. The second-order valence-corrected chi connectivity index (χ2v) is 8.33. The summed E-state index contributed by atoms with van der Waals surface area (Å²) in [6.07, 6.45) is 0.734. The van der Waals surface area contributed by atoms with E-state index in [-0.39, 0.29) is 11.8 Å². The Hall–Kier alpha value is -4.38. The van der Waals surface area contributed by atoms with Crippen LogP contribution < -0.4 is 15.4 Å². The van der Waals surface area contributed by atoms with Gasteiger partial charge in [-0.1, -0.05) is 60.7 Å².